The average Bonchev–Trinajstić information content (AvgIpc) is 2.32. The second-order valence-electron chi connectivity index (χ2n) is 4.29. The van der Waals surface area contributed by atoms with Crippen LogP contribution >= 0.6 is 0 Å². The fraction of sp³-hybridized carbons (Fsp3) is 0.417. The van der Waals surface area contributed by atoms with E-state index in [1.807, 2.05) is 19.1 Å². The summed E-state index contributed by atoms with van der Waals surface area (Å²) in [5.74, 6) is -0.609. The van der Waals surface area contributed by atoms with Crippen LogP contribution < -0.4 is 10.2 Å². The molecular formula is C12H15N3O3. The molecule has 1 aliphatic heterocycles. The molecule has 1 unspecified atom stereocenters. The quantitative estimate of drug-likeness (QED) is 0.798. The Morgan fingerprint density at radius 1 is 1.61 bits per heavy atom. The maximum atomic E-state index is 11.7. The molecule has 0 aliphatic carbocycles. The lowest BCUT2D eigenvalue weighted by Crippen LogP contribution is -2.56. The summed E-state index contributed by atoms with van der Waals surface area (Å²) in [5, 5.41) is 11.5. The van der Waals surface area contributed by atoms with Gasteiger partial charge in [-0.2, -0.15) is 0 Å². The number of aliphatic carboxylic acids is 1. The summed E-state index contributed by atoms with van der Waals surface area (Å²) in [6.45, 7) is 3.00. The summed E-state index contributed by atoms with van der Waals surface area (Å²) in [7, 11) is 0. The standard InChI is InChI=1S/C12H15N3O3/c1-8-2-3-10(14-7-8)15-5-4-13-12(18)9(15)6-11(16)17/h2-3,7,9H,4-6H2,1H3,(H,13,18)(H,16,17). The van der Waals surface area contributed by atoms with Gasteiger partial charge in [0.25, 0.3) is 0 Å². The fourth-order valence-electron chi connectivity index (χ4n) is 1.99. The number of anilines is 1. The van der Waals surface area contributed by atoms with Crippen molar-refractivity contribution in [2.24, 2.45) is 0 Å². The number of carbonyl (C=O) groups excluding carboxylic acids is 1. The molecule has 1 amide bonds. The molecule has 0 spiro atoms. The first-order valence-electron chi connectivity index (χ1n) is 5.77. The summed E-state index contributed by atoms with van der Waals surface area (Å²) < 4.78 is 0. The molecule has 2 rings (SSSR count). The number of rotatable bonds is 3. The number of piperazine rings is 1. The van der Waals surface area contributed by atoms with Crippen molar-refractivity contribution in [2.45, 2.75) is 19.4 Å². The second kappa shape index (κ2) is 5.03. The van der Waals surface area contributed by atoms with Gasteiger partial charge in [-0.25, -0.2) is 4.98 Å². The van der Waals surface area contributed by atoms with Crippen LogP contribution in [-0.2, 0) is 9.59 Å². The summed E-state index contributed by atoms with van der Waals surface area (Å²) in [5.41, 5.74) is 1.02. The van der Waals surface area contributed by atoms with E-state index < -0.39 is 12.0 Å². The first-order valence-corrected chi connectivity index (χ1v) is 5.77. The molecule has 0 aromatic carbocycles. The third-order valence-corrected chi connectivity index (χ3v) is 2.89. The molecule has 0 saturated carbocycles. The highest BCUT2D eigenvalue weighted by Crippen LogP contribution is 2.18. The van der Waals surface area contributed by atoms with Crippen LogP contribution in [0, 0.1) is 6.92 Å². The molecule has 2 heterocycles. The molecule has 96 valence electrons. The first kappa shape index (κ1) is 12.3. The van der Waals surface area contributed by atoms with E-state index >= 15 is 0 Å². The van der Waals surface area contributed by atoms with E-state index in [0.717, 1.165) is 5.56 Å². The number of pyridine rings is 1. The monoisotopic (exact) mass is 249 g/mol. The van der Waals surface area contributed by atoms with Crippen molar-refractivity contribution in [3.8, 4) is 0 Å². The number of carboxylic acid groups (broad SMARTS) is 1. The summed E-state index contributed by atoms with van der Waals surface area (Å²) in [4.78, 5) is 28.5. The Morgan fingerprint density at radius 3 is 3.00 bits per heavy atom. The number of carbonyl (C=O) groups is 2. The fourth-order valence-corrected chi connectivity index (χ4v) is 1.99. The number of nitrogens with one attached hydrogen (secondary N) is 1. The van der Waals surface area contributed by atoms with E-state index in [2.05, 4.69) is 10.3 Å². The van der Waals surface area contributed by atoms with Crippen LogP contribution in [0.1, 0.15) is 12.0 Å². The Hall–Kier alpha value is -2.11. The van der Waals surface area contributed by atoms with Gasteiger partial charge in [0.15, 0.2) is 0 Å². The number of carboxylic acids is 1. The third-order valence-electron chi connectivity index (χ3n) is 2.89. The van der Waals surface area contributed by atoms with Crippen molar-refractivity contribution < 1.29 is 14.7 Å². The number of aromatic nitrogens is 1. The molecule has 1 fully saturated rings. The first-order chi connectivity index (χ1) is 8.58. The van der Waals surface area contributed by atoms with E-state index in [1.54, 1.807) is 11.1 Å². The van der Waals surface area contributed by atoms with Crippen molar-refractivity contribution in [3.05, 3.63) is 23.9 Å². The number of nitrogens with zero attached hydrogens (tertiary/aromatic N) is 2. The Kier molecular flexibility index (Phi) is 3.45. The van der Waals surface area contributed by atoms with E-state index in [-0.39, 0.29) is 12.3 Å². The Morgan fingerprint density at radius 2 is 2.39 bits per heavy atom. The molecule has 1 aliphatic rings. The molecule has 1 aromatic heterocycles. The normalized spacial score (nSPS) is 19.5. The second-order valence-corrected chi connectivity index (χ2v) is 4.29. The van der Waals surface area contributed by atoms with Gasteiger partial charge in [0.1, 0.15) is 11.9 Å². The highest BCUT2D eigenvalue weighted by molar-refractivity contribution is 5.90. The number of aryl methyl sites for hydroxylation is 1. The smallest absolute Gasteiger partial charge is 0.305 e. The van der Waals surface area contributed by atoms with E-state index in [1.165, 1.54) is 0 Å². The lowest BCUT2D eigenvalue weighted by Gasteiger charge is -2.35. The zero-order valence-corrected chi connectivity index (χ0v) is 10.1. The van der Waals surface area contributed by atoms with Gasteiger partial charge in [-0.3, -0.25) is 9.59 Å². The van der Waals surface area contributed by atoms with E-state index in [9.17, 15) is 9.59 Å². The Labute approximate surface area is 105 Å². The molecule has 1 saturated heterocycles. The van der Waals surface area contributed by atoms with Gasteiger partial charge in [-0.15, -0.1) is 0 Å². The van der Waals surface area contributed by atoms with Crippen molar-refractivity contribution >= 4 is 17.7 Å². The molecule has 18 heavy (non-hydrogen) atoms. The molecule has 1 atom stereocenters. The maximum Gasteiger partial charge on any atom is 0.305 e. The molecule has 0 bridgehead atoms. The predicted octanol–water partition coefficient (Wildman–Crippen LogP) is 0.170. The van der Waals surface area contributed by atoms with Gasteiger partial charge < -0.3 is 15.3 Å². The Bertz CT molecular complexity index is 458. The third kappa shape index (κ3) is 2.58. The van der Waals surface area contributed by atoms with Crippen LogP contribution in [0.25, 0.3) is 0 Å². The summed E-state index contributed by atoms with van der Waals surface area (Å²) in [6, 6.07) is 3.02. The maximum absolute atomic E-state index is 11.7. The van der Waals surface area contributed by atoms with Gasteiger partial charge in [0.2, 0.25) is 5.91 Å². The number of hydrogen-bond donors (Lipinski definition) is 2. The lowest BCUT2D eigenvalue weighted by atomic mass is 10.1. The van der Waals surface area contributed by atoms with Crippen molar-refractivity contribution in [2.75, 3.05) is 18.0 Å². The van der Waals surface area contributed by atoms with Crippen LogP contribution in [0.2, 0.25) is 0 Å². The number of hydrogen-bond acceptors (Lipinski definition) is 4. The van der Waals surface area contributed by atoms with Crippen LogP contribution in [0.5, 0.6) is 0 Å². The predicted molar refractivity (Wildman–Crippen MR) is 65.4 cm³/mol. The molecular weight excluding hydrogens is 234 g/mol. The van der Waals surface area contributed by atoms with Crippen LogP contribution in [0.3, 0.4) is 0 Å². The van der Waals surface area contributed by atoms with Gasteiger partial charge in [0, 0.05) is 19.3 Å². The minimum absolute atomic E-state index is 0.221. The molecule has 1 aromatic rings. The van der Waals surface area contributed by atoms with E-state index in [0.29, 0.717) is 18.9 Å². The van der Waals surface area contributed by atoms with Crippen molar-refractivity contribution in [1.29, 1.82) is 0 Å². The minimum atomic E-state index is -0.992. The largest absolute Gasteiger partial charge is 0.481 e. The van der Waals surface area contributed by atoms with E-state index in [4.69, 9.17) is 5.11 Å². The SMILES string of the molecule is Cc1ccc(N2CCNC(=O)C2CC(=O)O)nc1. The topological polar surface area (TPSA) is 82.5 Å². The number of amides is 1. The van der Waals surface area contributed by atoms with Gasteiger partial charge in [0.05, 0.1) is 6.42 Å². The summed E-state index contributed by atoms with van der Waals surface area (Å²) in [6.07, 6.45) is 1.49. The minimum Gasteiger partial charge on any atom is -0.481 e. The Balaban J connectivity index is 2.24. The van der Waals surface area contributed by atoms with Crippen molar-refractivity contribution in [3.63, 3.8) is 0 Å². The highest BCUT2D eigenvalue weighted by atomic mass is 16.4. The van der Waals surface area contributed by atoms with Gasteiger partial charge in [-0.1, -0.05) is 6.07 Å². The lowest BCUT2D eigenvalue weighted by molar-refractivity contribution is -0.139. The van der Waals surface area contributed by atoms with Crippen LogP contribution in [0.4, 0.5) is 5.82 Å². The van der Waals surface area contributed by atoms with Gasteiger partial charge in [-0.05, 0) is 18.6 Å². The highest BCUT2D eigenvalue weighted by Gasteiger charge is 2.32. The van der Waals surface area contributed by atoms with Crippen LogP contribution in [0.15, 0.2) is 18.3 Å². The van der Waals surface area contributed by atoms with Crippen molar-refractivity contribution in [1.82, 2.24) is 10.3 Å². The molecule has 2 N–H and O–H groups in total. The molecule has 6 heteroatoms. The summed E-state index contributed by atoms with van der Waals surface area (Å²) >= 11 is 0. The molecule has 0 radical (unpaired) electrons. The van der Waals surface area contributed by atoms with Crippen LogP contribution in [-0.4, -0.2) is 41.1 Å². The molecule has 6 nitrogen and oxygen atoms in total. The van der Waals surface area contributed by atoms with Gasteiger partial charge >= 0.3 is 5.97 Å². The zero-order chi connectivity index (χ0) is 13.1. The zero-order valence-electron chi connectivity index (χ0n) is 10.1. The average molecular weight is 249 g/mol.